The molecule has 0 aliphatic carbocycles. The fraction of sp³-hybridized carbons (Fsp3) is 0.0769. The predicted molar refractivity (Wildman–Crippen MR) is 58.9 cm³/mol. The van der Waals surface area contributed by atoms with Gasteiger partial charge < -0.3 is 0 Å². The summed E-state index contributed by atoms with van der Waals surface area (Å²) >= 11 is 0. The Labute approximate surface area is 93.0 Å². The van der Waals surface area contributed by atoms with E-state index in [1.165, 1.54) is 12.1 Å². The Morgan fingerprint density at radius 1 is 1.19 bits per heavy atom. The van der Waals surface area contributed by atoms with Gasteiger partial charge in [-0.05, 0) is 41.0 Å². The van der Waals surface area contributed by atoms with E-state index in [1.54, 1.807) is 30.6 Å². The predicted octanol–water partition coefficient (Wildman–Crippen LogP) is 2.95. The maximum Gasteiger partial charge on any atom is 0.123 e. The van der Waals surface area contributed by atoms with Gasteiger partial charge >= 0.3 is 0 Å². The average Bonchev–Trinajstić information content (AvgIpc) is 2.33. The summed E-state index contributed by atoms with van der Waals surface area (Å²) in [6, 6.07) is 10.1. The molecule has 0 aliphatic rings. The van der Waals surface area contributed by atoms with E-state index >= 15 is 0 Å². The topological polar surface area (TPSA) is 36.7 Å². The summed E-state index contributed by atoms with van der Waals surface area (Å²) in [5.41, 5.74) is 2.46. The van der Waals surface area contributed by atoms with Gasteiger partial charge in [0, 0.05) is 12.4 Å². The third kappa shape index (κ3) is 2.06. The summed E-state index contributed by atoms with van der Waals surface area (Å²) in [7, 11) is 0. The fourth-order valence-electron chi connectivity index (χ4n) is 1.59. The smallest absolute Gasteiger partial charge is 0.123 e. The number of halogens is 1. The summed E-state index contributed by atoms with van der Waals surface area (Å²) in [6.45, 7) is 0. The van der Waals surface area contributed by atoms with Crippen molar-refractivity contribution < 1.29 is 4.39 Å². The standard InChI is InChI=1S/C13H9FN2/c14-12-2-1-10(3-6-15)13(9-12)11-4-7-16-8-5-11/h1-2,4-5,7-9H,3H2. The molecule has 2 aromatic rings. The average molecular weight is 212 g/mol. The van der Waals surface area contributed by atoms with Gasteiger partial charge in [-0.1, -0.05) is 6.07 Å². The number of benzene rings is 1. The lowest BCUT2D eigenvalue weighted by atomic mass is 9.99. The second-order valence-corrected chi connectivity index (χ2v) is 3.37. The Morgan fingerprint density at radius 3 is 2.62 bits per heavy atom. The van der Waals surface area contributed by atoms with Crippen molar-refractivity contribution in [2.75, 3.05) is 0 Å². The first-order chi connectivity index (χ1) is 7.81. The van der Waals surface area contributed by atoms with E-state index in [-0.39, 0.29) is 12.2 Å². The minimum absolute atomic E-state index is 0.276. The Kier molecular flexibility index (Phi) is 2.93. The number of hydrogen-bond acceptors (Lipinski definition) is 2. The van der Waals surface area contributed by atoms with E-state index in [0.29, 0.717) is 0 Å². The highest BCUT2D eigenvalue weighted by Gasteiger charge is 2.06. The van der Waals surface area contributed by atoms with Crippen LogP contribution in [0.5, 0.6) is 0 Å². The number of aromatic nitrogens is 1. The zero-order valence-corrected chi connectivity index (χ0v) is 8.52. The molecule has 0 atom stereocenters. The molecule has 1 aromatic carbocycles. The zero-order valence-electron chi connectivity index (χ0n) is 8.52. The summed E-state index contributed by atoms with van der Waals surface area (Å²) in [5.74, 6) is -0.298. The maximum absolute atomic E-state index is 13.2. The molecular formula is C13H9FN2. The van der Waals surface area contributed by atoms with Crippen LogP contribution in [-0.4, -0.2) is 4.98 Å². The van der Waals surface area contributed by atoms with Crippen molar-refractivity contribution >= 4 is 0 Å². The van der Waals surface area contributed by atoms with E-state index in [9.17, 15) is 4.39 Å². The minimum atomic E-state index is -0.298. The fourth-order valence-corrected chi connectivity index (χ4v) is 1.59. The van der Waals surface area contributed by atoms with Gasteiger partial charge in [0.1, 0.15) is 5.82 Å². The third-order valence-corrected chi connectivity index (χ3v) is 2.33. The highest BCUT2D eigenvalue weighted by atomic mass is 19.1. The Hall–Kier alpha value is -2.21. The second kappa shape index (κ2) is 4.54. The Balaban J connectivity index is 2.55. The van der Waals surface area contributed by atoms with Gasteiger partial charge in [-0.25, -0.2) is 4.39 Å². The van der Waals surface area contributed by atoms with Crippen LogP contribution in [0.25, 0.3) is 11.1 Å². The highest BCUT2D eigenvalue weighted by Crippen LogP contribution is 2.24. The summed E-state index contributed by atoms with van der Waals surface area (Å²) in [5, 5.41) is 8.70. The molecule has 78 valence electrons. The molecule has 0 spiro atoms. The molecule has 2 nitrogen and oxygen atoms in total. The molecule has 0 saturated heterocycles. The molecule has 0 N–H and O–H groups in total. The quantitative estimate of drug-likeness (QED) is 0.767. The first-order valence-corrected chi connectivity index (χ1v) is 4.87. The van der Waals surface area contributed by atoms with E-state index in [2.05, 4.69) is 11.1 Å². The molecule has 0 saturated carbocycles. The van der Waals surface area contributed by atoms with Gasteiger partial charge in [0.2, 0.25) is 0 Å². The Morgan fingerprint density at radius 2 is 1.94 bits per heavy atom. The second-order valence-electron chi connectivity index (χ2n) is 3.37. The number of rotatable bonds is 2. The number of nitrogens with zero attached hydrogens (tertiary/aromatic N) is 2. The molecule has 0 fully saturated rings. The monoisotopic (exact) mass is 212 g/mol. The maximum atomic E-state index is 13.2. The van der Waals surface area contributed by atoms with Crippen molar-refractivity contribution in [3.63, 3.8) is 0 Å². The first kappa shape index (κ1) is 10.3. The molecule has 16 heavy (non-hydrogen) atoms. The van der Waals surface area contributed by atoms with Crippen LogP contribution in [0.3, 0.4) is 0 Å². The van der Waals surface area contributed by atoms with Crippen LogP contribution < -0.4 is 0 Å². The molecular weight excluding hydrogens is 203 g/mol. The van der Waals surface area contributed by atoms with Crippen molar-refractivity contribution in [3.8, 4) is 17.2 Å². The third-order valence-electron chi connectivity index (χ3n) is 2.33. The van der Waals surface area contributed by atoms with Crippen LogP contribution in [-0.2, 0) is 6.42 Å². The van der Waals surface area contributed by atoms with Crippen LogP contribution in [0.1, 0.15) is 5.56 Å². The molecule has 1 aromatic heterocycles. The largest absolute Gasteiger partial charge is 0.265 e. The molecule has 0 radical (unpaired) electrons. The number of nitriles is 1. The summed E-state index contributed by atoms with van der Waals surface area (Å²) in [4.78, 5) is 3.91. The molecule has 0 unspecified atom stereocenters. The lowest BCUT2D eigenvalue weighted by molar-refractivity contribution is 0.628. The zero-order chi connectivity index (χ0) is 11.4. The number of hydrogen-bond donors (Lipinski definition) is 0. The first-order valence-electron chi connectivity index (χ1n) is 4.87. The van der Waals surface area contributed by atoms with Crippen molar-refractivity contribution in [3.05, 3.63) is 54.1 Å². The summed E-state index contributed by atoms with van der Waals surface area (Å²) < 4.78 is 13.2. The van der Waals surface area contributed by atoms with Crippen LogP contribution >= 0.6 is 0 Å². The molecule has 1 heterocycles. The minimum Gasteiger partial charge on any atom is -0.265 e. The van der Waals surface area contributed by atoms with E-state index in [0.717, 1.165) is 16.7 Å². The van der Waals surface area contributed by atoms with Crippen molar-refractivity contribution in [1.82, 2.24) is 4.98 Å². The van der Waals surface area contributed by atoms with E-state index < -0.39 is 0 Å². The van der Waals surface area contributed by atoms with Gasteiger partial charge in [0.25, 0.3) is 0 Å². The Bertz CT molecular complexity index is 529. The van der Waals surface area contributed by atoms with Gasteiger partial charge in [0.15, 0.2) is 0 Å². The normalized spacial score (nSPS) is 9.75. The van der Waals surface area contributed by atoms with Crippen molar-refractivity contribution in [1.29, 1.82) is 5.26 Å². The van der Waals surface area contributed by atoms with Crippen LogP contribution in [0, 0.1) is 17.1 Å². The van der Waals surface area contributed by atoms with Crippen molar-refractivity contribution in [2.45, 2.75) is 6.42 Å². The lowest BCUT2D eigenvalue weighted by Crippen LogP contribution is -1.90. The van der Waals surface area contributed by atoms with E-state index in [1.807, 2.05) is 0 Å². The van der Waals surface area contributed by atoms with Crippen molar-refractivity contribution in [2.24, 2.45) is 0 Å². The molecule has 0 bridgehead atoms. The highest BCUT2D eigenvalue weighted by molar-refractivity contribution is 5.67. The summed E-state index contributed by atoms with van der Waals surface area (Å²) in [6.07, 6.45) is 3.57. The number of pyridine rings is 1. The molecule has 0 amide bonds. The van der Waals surface area contributed by atoms with E-state index in [4.69, 9.17) is 5.26 Å². The van der Waals surface area contributed by atoms with Gasteiger partial charge in [-0.15, -0.1) is 0 Å². The van der Waals surface area contributed by atoms with Gasteiger partial charge in [0.05, 0.1) is 12.5 Å². The lowest BCUT2D eigenvalue weighted by Gasteiger charge is -2.06. The van der Waals surface area contributed by atoms with Crippen LogP contribution in [0.4, 0.5) is 4.39 Å². The molecule has 2 rings (SSSR count). The molecule has 0 aliphatic heterocycles. The van der Waals surface area contributed by atoms with Gasteiger partial charge in [-0.3, -0.25) is 4.98 Å². The molecule has 3 heteroatoms. The van der Waals surface area contributed by atoms with Gasteiger partial charge in [-0.2, -0.15) is 5.26 Å². The van der Waals surface area contributed by atoms with Crippen LogP contribution in [0.2, 0.25) is 0 Å². The van der Waals surface area contributed by atoms with Crippen LogP contribution in [0.15, 0.2) is 42.7 Å². The SMILES string of the molecule is N#CCc1ccc(F)cc1-c1ccncc1.